The first-order valence-corrected chi connectivity index (χ1v) is 12.4. The molecule has 33 heavy (non-hydrogen) atoms. The molecule has 0 amide bonds. The Morgan fingerprint density at radius 2 is 1.58 bits per heavy atom. The summed E-state index contributed by atoms with van der Waals surface area (Å²) in [6.07, 6.45) is 2.04. The van der Waals surface area contributed by atoms with E-state index in [4.69, 9.17) is 34.8 Å². The van der Waals surface area contributed by atoms with E-state index in [9.17, 15) is 14.1 Å². The Morgan fingerprint density at radius 1 is 0.939 bits per heavy atom. The molecular weight excluding hydrogens is 501 g/mol. The average Bonchev–Trinajstić information content (AvgIpc) is 2.80. The molecule has 3 atom stereocenters. The van der Waals surface area contributed by atoms with Crippen molar-refractivity contribution in [2.75, 3.05) is 0 Å². The molecule has 4 nitrogen and oxygen atoms in total. The van der Waals surface area contributed by atoms with Gasteiger partial charge in [-0.2, -0.15) is 0 Å². The number of hydrogen-bond donors (Lipinski definition) is 1. The lowest BCUT2D eigenvalue weighted by molar-refractivity contribution is -0.133. The molecule has 170 valence electrons. The number of hydrogen-bond acceptors (Lipinski definition) is 2. The third kappa shape index (κ3) is 5.03. The number of carbonyl (C=O) groups is 1. The zero-order chi connectivity index (χ0) is 23.7. The van der Waals surface area contributed by atoms with Crippen molar-refractivity contribution < 1.29 is 14.1 Å². The van der Waals surface area contributed by atoms with Gasteiger partial charge in [-0.3, -0.25) is 0 Å². The summed E-state index contributed by atoms with van der Waals surface area (Å²) in [4.78, 5) is 12.8. The van der Waals surface area contributed by atoms with Gasteiger partial charge < -0.3 is 5.11 Å². The second-order valence-electron chi connectivity index (χ2n) is 7.77. The monoisotopic (exact) mass is 519 g/mol. The highest BCUT2D eigenvalue weighted by Gasteiger charge is 2.41. The summed E-state index contributed by atoms with van der Waals surface area (Å²) in [7, 11) is -1.67. The van der Waals surface area contributed by atoms with Gasteiger partial charge in [0.05, 0.1) is 32.6 Å². The van der Waals surface area contributed by atoms with E-state index in [2.05, 4.69) is 0 Å². The van der Waals surface area contributed by atoms with Crippen LogP contribution in [0.15, 0.2) is 83.3 Å². The number of aryl methyl sites for hydroxylation is 1. The minimum absolute atomic E-state index is 0.161. The lowest BCUT2D eigenvalue weighted by Gasteiger charge is -2.40. The number of carboxylic acids is 1. The quantitative estimate of drug-likeness (QED) is 0.388. The van der Waals surface area contributed by atoms with Gasteiger partial charge in [-0.05, 0) is 60.9 Å². The van der Waals surface area contributed by atoms with Gasteiger partial charge in [0.15, 0.2) is 0 Å². The predicted octanol–water partition coefficient (Wildman–Crippen LogP) is 7.18. The summed E-state index contributed by atoms with van der Waals surface area (Å²) in [6, 6.07) is 18.4. The fourth-order valence-corrected chi connectivity index (χ4v) is 5.85. The van der Waals surface area contributed by atoms with E-state index in [0.717, 1.165) is 11.1 Å². The number of benzene rings is 3. The molecule has 1 aliphatic rings. The van der Waals surface area contributed by atoms with Crippen molar-refractivity contribution in [3.05, 3.63) is 110 Å². The number of carboxylic acid groups (broad SMARTS) is 1. The molecule has 0 spiro atoms. The van der Waals surface area contributed by atoms with Crippen molar-refractivity contribution in [2.24, 2.45) is 0 Å². The van der Waals surface area contributed by atoms with Crippen LogP contribution in [0.1, 0.15) is 35.2 Å². The van der Waals surface area contributed by atoms with Crippen LogP contribution in [0, 0.1) is 6.92 Å². The van der Waals surface area contributed by atoms with Crippen LogP contribution in [0.2, 0.25) is 15.1 Å². The largest absolute Gasteiger partial charge is 0.478 e. The number of halogens is 3. The van der Waals surface area contributed by atoms with Crippen molar-refractivity contribution in [1.29, 1.82) is 0 Å². The highest BCUT2D eigenvalue weighted by atomic mass is 35.5. The van der Waals surface area contributed by atoms with E-state index in [1.54, 1.807) is 58.9 Å². The molecular formula is C25H20Cl3NO3S. The smallest absolute Gasteiger partial charge is 0.333 e. The van der Waals surface area contributed by atoms with Crippen LogP contribution in [0.4, 0.5) is 0 Å². The molecule has 3 aromatic rings. The molecule has 3 aromatic carbocycles. The second-order valence-corrected chi connectivity index (χ2v) is 10.4. The van der Waals surface area contributed by atoms with E-state index in [-0.39, 0.29) is 5.57 Å². The maximum atomic E-state index is 14.0. The Hall–Kier alpha value is -2.15. The summed E-state index contributed by atoms with van der Waals surface area (Å²) < 4.78 is 15.7. The summed E-state index contributed by atoms with van der Waals surface area (Å²) in [5.41, 5.74) is 2.67. The molecule has 0 fully saturated rings. The Kier molecular flexibility index (Phi) is 7.27. The zero-order valence-corrected chi connectivity index (χ0v) is 20.6. The maximum Gasteiger partial charge on any atom is 0.333 e. The SMILES string of the molecule is Cc1ccc(S(=O)N2C(c3ccc(Cl)c(Cl)c3)CC=C(C(=O)O)C2c2ccc(Cl)cc2)cc1. The number of rotatable bonds is 5. The normalized spacial score (nSPS) is 19.7. The standard InChI is InChI=1S/C25H20Cl3NO3S/c1-15-2-9-19(10-3-15)33(32)29-23(17-6-12-21(27)22(28)14-17)13-11-20(25(30)31)24(29)16-4-7-18(26)8-5-16/h2-12,14,23-24H,13H2,1H3,(H,30,31). The topological polar surface area (TPSA) is 57.6 Å². The molecule has 0 radical (unpaired) electrons. The van der Waals surface area contributed by atoms with Crippen molar-refractivity contribution in [3.8, 4) is 0 Å². The zero-order valence-electron chi connectivity index (χ0n) is 17.5. The minimum atomic E-state index is -1.67. The molecule has 1 N–H and O–H groups in total. The Balaban J connectivity index is 1.91. The van der Waals surface area contributed by atoms with E-state index in [1.807, 2.05) is 25.1 Å². The van der Waals surface area contributed by atoms with Crippen LogP contribution >= 0.6 is 34.8 Å². The molecule has 0 bridgehead atoms. The van der Waals surface area contributed by atoms with Gasteiger partial charge >= 0.3 is 5.97 Å². The molecule has 1 aliphatic heterocycles. The second kappa shape index (κ2) is 10.00. The van der Waals surface area contributed by atoms with Crippen LogP contribution < -0.4 is 0 Å². The van der Waals surface area contributed by atoms with Gasteiger partial charge in [0, 0.05) is 5.02 Å². The van der Waals surface area contributed by atoms with Gasteiger partial charge in [-0.1, -0.05) is 76.8 Å². The van der Waals surface area contributed by atoms with E-state index in [1.165, 1.54) is 0 Å². The molecule has 1 heterocycles. The first-order valence-electron chi connectivity index (χ1n) is 10.2. The first kappa shape index (κ1) is 24.0. The van der Waals surface area contributed by atoms with Crippen LogP contribution in [0.3, 0.4) is 0 Å². The Bertz CT molecular complexity index is 1240. The number of nitrogens with zero attached hydrogens (tertiary/aromatic N) is 1. The van der Waals surface area contributed by atoms with Gasteiger partial charge in [-0.25, -0.2) is 13.3 Å². The first-order chi connectivity index (χ1) is 15.8. The predicted molar refractivity (Wildman–Crippen MR) is 133 cm³/mol. The van der Waals surface area contributed by atoms with E-state index >= 15 is 0 Å². The van der Waals surface area contributed by atoms with Crippen LogP contribution in [-0.2, 0) is 15.8 Å². The molecule has 3 unspecified atom stereocenters. The lowest BCUT2D eigenvalue weighted by atomic mass is 9.89. The molecule has 0 aromatic heterocycles. The molecule has 0 saturated carbocycles. The van der Waals surface area contributed by atoms with E-state index in [0.29, 0.717) is 31.9 Å². The minimum Gasteiger partial charge on any atom is -0.478 e. The summed E-state index contributed by atoms with van der Waals surface area (Å²) in [6.45, 7) is 1.95. The van der Waals surface area contributed by atoms with Gasteiger partial charge in [0.2, 0.25) is 0 Å². The summed E-state index contributed by atoms with van der Waals surface area (Å²) >= 11 is 18.5. The van der Waals surface area contributed by atoms with Crippen LogP contribution in [0.25, 0.3) is 0 Å². The molecule has 0 saturated heterocycles. The fourth-order valence-electron chi connectivity index (χ4n) is 3.94. The maximum absolute atomic E-state index is 14.0. The fraction of sp³-hybridized carbons (Fsp3) is 0.160. The highest BCUT2D eigenvalue weighted by Crippen LogP contribution is 2.45. The van der Waals surface area contributed by atoms with Gasteiger partial charge in [0.25, 0.3) is 0 Å². The van der Waals surface area contributed by atoms with E-state index < -0.39 is 29.0 Å². The molecule has 0 aliphatic carbocycles. The van der Waals surface area contributed by atoms with Crippen molar-refractivity contribution in [2.45, 2.75) is 30.3 Å². The van der Waals surface area contributed by atoms with Crippen LogP contribution in [0.5, 0.6) is 0 Å². The van der Waals surface area contributed by atoms with Gasteiger partial charge in [-0.15, -0.1) is 0 Å². The Labute approximate surface area is 210 Å². The highest BCUT2D eigenvalue weighted by molar-refractivity contribution is 7.82. The molecule has 4 rings (SSSR count). The summed E-state index contributed by atoms with van der Waals surface area (Å²) in [5, 5.41) is 11.3. The van der Waals surface area contributed by atoms with Gasteiger partial charge in [0.1, 0.15) is 11.0 Å². The van der Waals surface area contributed by atoms with Crippen molar-refractivity contribution in [1.82, 2.24) is 4.31 Å². The van der Waals surface area contributed by atoms with Crippen molar-refractivity contribution in [3.63, 3.8) is 0 Å². The third-order valence-electron chi connectivity index (χ3n) is 5.59. The molecule has 8 heteroatoms. The van der Waals surface area contributed by atoms with Crippen LogP contribution in [-0.4, -0.2) is 19.6 Å². The Morgan fingerprint density at radius 3 is 2.18 bits per heavy atom. The van der Waals surface area contributed by atoms with Crippen molar-refractivity contribution >= 4 is 51.8 Å². The lowest BCUT2D eigenvalue weighted by Crippen LogP contribution is -2.39. The number of aliphatic carboxylic acids is 1. The average molecular weight is 521 g/mol. The third-order valence-corrected chi connectivity index (χ3v) is 8.11. The summed E-state index contributed by atoms with van der Waals surface area (Å²) in [5.74, 6) is -1.06.